The summed E-state index contributed by atoms with van der Waals surface area (Å²) in [6.45, 7) is 11.3. The largest absolute Gasteiger partial charge is 0.373 e. The van der Waals surface area contributed by atoms with Gasteiger partial charge in [-0.15, -0.1) is 0 Å². The van der Waals surface area contributed by atoms with Gasteiger partial charge in [0.25, 0.3) is 0 Å². The van der Waals surface area contributed by atoms with Gasteiger partial charge >= 0.3 is 0 Å². The van der Waals surface area contributed by atoms with Crippen LogP contribution in [0.15, 0.2) is 0 Å². The Morgan fingerprint density at radius 1 is 1.29 bits per heavy atom. The Labute approximate surface area is 106 Å². The molecule has 2 fully saturated rings. The van der Waals surface area contributed by atoms with Crippen LogP contribution < -0.4 is 5.32 Å². The molecule has 0 saturated carbocycles. The van der Waals surface area contributed by atoms with Gasteiger partial charge in [0.2, 0.25) is 0 Å². The maximum atomic E-state index is 5.81. The van der Waals surface area contributed by atoms with E-state index in [9.17, 15) is 0 Å². The van der Waals surface area contributed by atoms with Crippen molar-refractivity contribution in [1.29, 1.82) is 0 Å². The van der Waals surface area contributed by atoms with Crippen molar-refractivity contribution in [2.45, 2.75) is 64.2 Å². The number of hydrogen-bond acceptors (Lipinski definition) is 3. The van der Waals surface area contributed by atoms with E-state index in [0.29, 0.717) is 17.7 Å². The minimum absolute atomic E-state index is 0.388. The second-order valence-electron chi connectivity index (χ2n) is 6.01. The van der Waals surface area contributed by atoms with Crippen molar-refractivity contribution in [1.82, 2.24) is 10.2 Å². The zero-order valence-corrected chi connectivity index (χ0v) is 11.7. The standard InChI is InChI=1S/C14H28N2O/c1-4-6-14(7-5-8-15-14)11-16-9-12(2)17-13(3)10-16/h12-13,15H,4-11H2,1-3H3/t12-,13+,14?. The molecular formula is C14H28N2O. The summed E-state index contributed by atoms with van der Waals surface area (Å²) in [4.78, 5) is 2.60. The van der Waals surface area contributed by atoms with Gasteiger partial charge in [-0.1, -0.05) is 13.3 Å². The molecule has 2 rings (SSSR count). The van der Waals surface area contributed by atoms with Crippen LogP contribution in [-0.2, 0) is 4.74 Å². The molecule has 0 radical (unpaired) electrons. The SMILES string of the molecule is CCCC1(CN2C[C@@H](C)O[C@@H](C)C2)CCCN1. The van der Waals surface area contributed by atoms with Crippen LogP contribution in [0.5, 0.6) is 0 Å². The van der Waals surface area contributed by atoms with Gasteiger partial charge in [0, 0.05) is 25.2 Å². The fourth-order valence-electron chi connectivity index (χ4n) is 3.62. The molecule has 2 heterocycles. The van der Waals surface area contributed by atoms with Gasteiger partial charge in [-0.25, -0.2) is 0 Å². The molecular weight excluding hydrogens is 212 g/mol. The first-order valence-corrected chi connectivity index (χ1v) is 7.26. The lowest BCUT2D eigenvalue weighted by Gasteiger charge is -2.41. The molecule has 0 aromatic rings. The fourth-order valence-corrected chi connectivity index (χ4v) is 3.62. The number of rotatable bonds is 4. The molecule has 3 atom stereocenters. The lowest BCUT2D eigenvalue weighted by molar-refractivity contribution is -0.0739. The predicted octanol–water partition coefficient (Wildman–Crippen LogP) is 2.02. The molecule has 2 saturated heterocycles. The van der Waals surface area contributed by atoms with Gasteiger partial charge in [0.15, 0.2) is 0 Å². The molecule has 17 heavy (non-hydrogen) atoms. The molecule has 1 N–H and O–H groups in total. The molecule has 2 aliphatic heterocycles. The zero-order valence-electron chi connectivity index (χ0n) is 11.7. The summed E-state index contributed by atoms with van der Waals surface area (Å²) >= 11 is 0. The highest BCUT2D eigenvalue weighted by atomic mass is 16.5. The number of nitrogens with one attached hydrogen (secondary N) is 1. The Balaban J connectivity index is 1.93. The molecule has 1 unspecified atom stereocenters. The van der Waals surface area contributed by atoms with Crippen molar-refractivity contribution in [2.24, 2.45) is 0 Å². The highest BCUT2D eigenvalue weighted by Crippen LogP contribution is 2.27. The smallest absolute Gasteiger partial charge is 0.0678 e. The van der Waals surface area contributed by atoms with E-state index in [0.717, 1.165) is 13.1 Å². The molecule has 2 aliphatic rings. The third-order valence-corrected chi connectivity index (χ3v) is 4.08. The van der Waals surface area contributed by atoms with E-state index in [4.69, 9.17) is 4.74 Å². The van der Waals surface area contributed by atoms with Crippen molar-refractivity contribution in [3.63, 3.8) is 0 Å². The second-order valence-corrected chi connectivity index (χ2v) is 6.01. The van der Waals surface area contributed by atoms with Gasteiger partial charge in [0.1, 0.15) is 0 Å². The van der Waals surface area contributed by atoms with Gasteiger partial charge in [-0.3, -0.25) is 4.90 Å². The lowest BCUT2D eigenvalue weighted by atomic mass is 9.91. The molecule has 0 aromatic heterocycles. The molecule has 0 bridgehead atoms. The Morgan fingerprint density at radius 2 is 2.00 bits per heavy atom. The fraction of sp³-hybridized carbons (Fsp3) is 1.00. The highest BCUT2D eigenvalue weighted by Gasteiger charge is 2.36. The van der Waals surface area contributed by atoms with E-state index >= 15 is 0 Å². The van der Waals surface area contributed by atoms with Crippen molar-refractivity contribution in [3.8, 4) is 0 Å². The molecule has 0 aliphatic carbocycles. The number of ether oxygens (including phenoxy) is 1. The first kappa shape index (κ1) is 13.3. The molecule has 0 spiro atoms. The van der Waals surface area contributed by atoms with Crippen LogP contribution in [0.4, 0.5) is 0 Å². The second kappa shape index (κ2) is 5.68. The average Bonchev–Trinajstić information content (AvgIpc) is 2.65. The molecule has 0 aromatic carbocycles. The van der Waals surface area contributed by atoms with E-state index in [2.05, 4.69) is 31.0 Å². The summed E-state index contributed by atoms with van der Waals surface area (Å²) in [7, 11) is 0. The maximum Gasteiger partial charge on any atom is 0.0678 e. The summed E-state index contributed by atoms with van der Waals surface area (Å²) < 4.78 is 5.81. The van der Waals surface area contributed by atoms with E-state index in [1.165, 1.54) is 38.8 Å². The molecule has 0 amide bonds. The van der Waals surface area contributed by atoms with Crippen LogP contribution in [0, 0.1) is 0 Å². The van der Waals surface area contributed by atoms with E-state index in [1.807, 2.05) is 0 Å². The summed E-state index contributed by atoms with van der Waals surface area (Å²) in [6.07, 6.45) is 6.06. The monoisotopic (exact) mass is 240 g/mol. The first-order valence-electron chi connectivity index (χ1n) is 7.26. The maximum absolute atomic E-state index is 5.81. The lowest BCUT2D eigenvalue weighted by Crippen LogP contribution is -2.55. The summed E-state index contributed by atoms with van der Waals surface area (Å²) in [6, 6.07) is 0. The van der Waals surface area contributed by atoms with Crippen molar-refractivity contribution >= 4 is 0 Å². The van der Waals surface area contributed by atoms with Crippen LogP contribution >= 0.6 is 0 Å². The summed E-state index contributed by atoms with van der Waals surface area (Å²) in [5.41, 5.74) is 0.394. The van der Waals surface area contributed by atoms with E-state index < -0.39 is 0 Å². The number of nitrogens with zero attached hydrogens (tertiary/aromatic N) is 1. The van der Waals surface area contributed by atoms with Crippen LogP contribution in [0.1, 0.15) is 46.5 Å². The Bertz CT molecular complexity index is 228. The zero-order chi connectivity index (χ0) is 12.3. The van der Waals surface area contributed by atoms with Crippen LogP contribution in [0.3, 0.4) is 0 Å². The summed E-state index contributed by atoms with van der Waals surface area (Å²) in [5.74, 6) is 0. The van der Waals surface area contributed by atoms with Crippen LogP contribution in [0.2, 0.25) is 0 Å². The molecule has 3 nitrogen and oxygen atoms in total. The Morgan fingerprint density at radius 3 is 2.53 bits per heavy atom. The van der Waals surface area contributed by atoms with Crippen molar-refractivity contribution in [2.75, 3.05) is 26.2 Å². The average molecular weight is 240 g/mol. The predicted molar refractivity (Wildman–Crippen MR) is 71.3 cm³/mol. The third kappa shape index (κ3) is 3.43. The highest BCUT2D eigenvalue weighted by molar-refractivity contribution is 4.96. The third-order valence-electron chi connectivity index (χ3n) is 4.08. The topological polar surface area (TPSA) is 24.5 Å². The first-order chi connectivity index (χ1) is 8.13. The van der Waals surface area contributed by atoms with Gasteiger partial charge in [0.05, 0.1) is 12.2 Å². The molecule has 3 heteroatoms. The Kier molecular flexibility index (Phi) is 4.45. The minimum atomic E-state index is 0.388. The molecule has 100 valence electrons. The Hall–Kier alpha value is -0.120. The van der Waals surface area contributed by atoms with Crippen molar-refractivity contribution < 1.29 is 4.74 Å². The number of hydrogen-bond donors (Lipinski definition) is 1. The van der Waals surface area contributed by atoms with Crippen LogP contribution in [0.25, 0.3) is 0 Å². The number of morpholine rings is 1. The minimum Gasteiger partial charge on any atom is -0.373 e. The van der Waals surface area contributed by atoms with E-state index in [1.54, 1.807) is 0 Å². The normalized spacial score (nSPS) is 39.7. The van der Waals surface area contributed by atoms with Gasteiger partial charge in [-0.05, 0) is 39.7 Å². The van der Waals surface area contributed by atoms with Crippen molar-refractivity contribution in [3.05, 3.63) is 0 Å². The van der Waals surface area contributed by atoms with Gasteiger partial charge in [-0.2, -0.15) is 0 Å². The quantitative estimate of drug-likeness (QED) is 0.813. The summed E-state index contributed by atoms with van der Waals surface area (Å²) in [5, 5.41) is 3.77. The van der Waals surface area contributed by atoms with Crippen LogP contribution in [-0.4, -0.2) is 48.8 Å². The van der Waals surface area contributed by atoms with E-state index in [-0.39, 0.29) is 0 Å². The van der Waals surface area contributed by atoms with Gasteiger partial charge < -0.3 is 10.1 Å².